The lowest BCUT2D eigenvalue weighted by Gasteiger charge is -2.65. The lowest BCUT2D eigenvalue weighted by Crippen LogP contribution is -2.76. The Hall–Kier alpha value is -2.59. The highest BCUT2D eigenvalue weighted by Crippen LogP contribution is 2.63. The Labute approximate surface area is 154 Å². The van der Waals surface area contributed by atoms with E-state index < -0.39 is 21.2 Å². The van der Waals surface area contributed by atoms with E-state index >= 15 is 0 Å². The van der Waals surface area contributed by atoms with Gasteiger partial charge in [0.1, 0.15) is 12.0 Å². The van der Waals surface area contributed by atoms with Gasteiger partial charge in [0.25, 0.3) is 0 Å². The van der Waals surface area contributed by atoms with E-state index in [9.17, 15) is 12.8 Å². The first-order valence-electron chi connectivity index (χ1n) is 8.48. The molecule has 2 heterocycles. The van der Waals surface area contributed by atoms with Crippen LogP contribution in [0.4, 0.5) is 10.3 Å². The van der Waals surface area contributed by atoms with E-state index in [2.05, 4.69) is 19.7 Å². The van der Waals surface area contributed by atoms with Crippen LogP contribution in [0.25, 0.3) is 17.0 Å². The summed E-state index contributed by atoms with van der Waals surface area (Å²) in [5.74, 6) is 0.621. The molecule has 3 aliphatic rings. The predicted molar refractivity (Wildman–Crippen MR) is 96.1 cm³/mol. The number of halogens is 1. The number of alkyl halides is 1. The molecule has 0 unspecified atom stereocenters. The number of nitrogens with zero attached hydrogens (tertiary/aromatic N) is 4. The molecular weight excluding hydrogens is 371 g/mol. The van der Waals surface area contributed by atoms with Gasteiger partial charge in [-0.25, -0.2) is 32.5 Å². The first-order chi connectivity index (χ1) is 12.7. The van der Waals surface area contributed by atoms with E-state index in [4.69, 9.17) is 5.73 Å². The maximum absolute atomic E-state index is 13.7. The molecule has 3 aromatic rings. The smallest absolute Gasteiger partial charge is 0.241 e. The van der Waals surface area contributed by atoms with Gasteiger partial charge in [0.05, 0.1) is 10.6 Å². The molecular formula is C17H17FN6O2S. The molecule has 0 spiro atoms. The maximum atomic E-state index is 13.7. The van der Waals surface area contributed by atoms with Crippen LogP contribution >= 0.6 is 0 Å². The molecule has 140 valence electrons. The number of nitrogens with two attached hydrogens (primary N) is 1. The lowest BCUT2D eigenvalue weighted by atomic mass is 9.48. The number of hydrogen-bond donors (Lipinski definition) is 2. The third-order valence-electron chi connectivity index (χ3n) is 5.41. The first kappa shape index (κ1) is 16.6. The molecule has 3 N–H and O–H groups in total. The van der Waals surface area contributed by atoms with Crippen molar-refractivity contribution in [3.05, 3.63) is 36.3 Å². The summed E-state index contributed by atoms with van der Waals surface area (Å²) < 4.78 is 43.5. The Morgan fingerprint density at radius 2 is 2.00 bits per heavy atom. The average molecular weight is 388 g/mol. The van der Waals surface area contributed by atoms with Crippen LogP contribution in [0.5, 0.6) is 0 Å². The third kappa shape index (κ3) is 2.43. The van der Waals surface area contributed by atoms with Crippen molar-refractivity contribution in [3.8, 4) is 11.3 Å². The van der Waals surface area contributed by atoms with E-state index in [1.807, 2.05) is 6.92 Å². The fraction of sp³-hybridized carbons (Fsp3) is 0.353. The zero-order chi connectivity index (χ0) is 19.0. The van der Waals surface area contributed by atoms with Crippen molar-refractivity contribution in [1.82, 2.24) is 24.1 Å². The molecule has 0 atom stereocenters. The Morgan fingerprint density at radius 1 is 1.26 bits per heavy atom. The van der Waals surface area contributed by atoms with Gasteiger partial charge in [0.15, 0.2) is 0 Å². The second-order valence-corrected chi connectivity index (χ2v) is 9.25. The quantitative estimate of drug-likeness (QED) is 0.702. The Bertz CT molecular complexity index is 1190. The number of nitrogens with one attached hydrogen (secondary N) is 1. The van der Waals surface area contributed by atoms with Gasteiger partial charge in [-0.1, -0.05) is 6.07 Å². The Morgan fingerprint density at radius 3 is 2.67 bits per heavy atom. The molecule has 0 radical (unpaired) electrons. The molecule has 6 rings (SSSR count). The zero-order valence-corrected chi connectivity index (χ0v) is 15.3. The summed E-state index contributed by atoms with van der Waals surface area (Å²) in [6.07, 6.45) is 3.75. The van der Waals surface area contributed by atoms with Crippen LogP contribution in [0.2, 0.25) is 0 Å². The van der Waals surface area contributed by atoms with Crippen LogP contribution < -0.4 is 10.5 Å². The highest BCUT2D eigenvalue weighted by atomic mass is 32.2. The normalized spacial score (nSPS) is 26.6. The van der Waals surface area contributed by atoms with E-state index in [0.717, 1.165) is 5.56 Å². The number of anilines is 1. The van der Waals surface area contributed by atoms with Crippen LogP contribution in [0.1, 0.15) is 24.8 Å². The van der Waals surface area contributed by atoms with Crippen LogP contribution in [0.3, 0.4) is 0 Å². The van der Waals surface area contributed by atoms with E-state index in [-0.39, 0.29) is 30.1 Å². The summed E-state index contributed by atoms with van der Waals surface area (Å²) in [5, 5.41) is 0. The highest BCUT2D eigenvalue weighted by Gasteiger charge is 2.70. The zero-order valence-electron chi connectivity index (χ0n) is 14.5. The molecule has 8 nitrogen and oxygen atoms in total. The number of aromatic nitrogens is 4. The second-order valence-electron chi connectivity index (χ2n) is 7.57. The number of benzene rings is 1. The minimum atomic E-state index is -3.76. The fourth-order valence-electron chi connectivity index (χ4n) is 4.12. The molecule has 27 heavy (non-hydrogen) atoms. The minimum absolute atomic E-state index is 0.122. The molecule has 10 heteroatoms. The van der Waals surface area contributed by atoms with Crippen molar-refractivity contribution in [3.63, 3.8) is 0 Å². The highest BCUT2D eigenvalue weighted by molar-refractivity contribution is 7.89. The second kappa shape index (κ2) is 5.02. The van der Waals surface area contributed by atoms with Crippen LogP contribution in [-0.4, -0.2) is 39.0 Å². The van der Waals surface area contributed by atoms with Gasteiger partial charge < -0.3 is 5.73 Å². The molecule has 3 aliphatic carbocycles. The van der Waals surface area contributed by atoms with Crippen molar-refractivity contribution in [2.24, 2.45) is 0 Å². The number of sulfonamides is 1. The molecule has 0 amide bonds. The molecule has 2 aromatic heterocycles. The number of aryl methyl sites for hydroxylation is 1. The number of fused-ring (bicyclic) bond motifs is 1. The number of nitrogen functional groups attached to an aromatic ring is 1. The van der Waals surface area contributed by atoms with Gasteiger partial charge in [-0.05, 0) is 24.6 Å². The van der Waals surface area contributed by atoms with Crippen molar-refractivity contribution >= 4 is 21.7 Å². The molecule has 3 fully saturated rings. The summed E-state index contributed by atoms with van der Waals surface area (Å²) >= 11 is 0. The first-order valence-corrected chi connectivity index (χ1v) is 9.97. The number of imidazole rings is 1. The molecule has 1 aromatic carbocycles. The molecule has 0 aliphatic heterocycles. The standard InChI is InChI=1S/C17H17FN6O2S/c1-10-2-3-11(27(25,26)23-17-6-16(18,7-17)8-17)4-12(10)13-5-24-14(19)20-9-21-15(24)22-13/h2-5,9,23H,6-8H2,1H3,(H2,19,20,21,22). The number of rotatable bonds is 4. The van der Waals surface area contributed by atoms with Crippen molar-refractivity contribution < 1.29 is 12.8 Å². The van der Waals surface area contributed by atoms with E-state index in [1.165, 1.54) is 10.7 Å². The van der Waals surface area contributed by atoms with Gasteiger partial charge >= 0.3 is 0 Å². The minimum Gasteiger partial charge on any atom is -0.369 e. The van der Waals surface area contributed by atoms with Crippen molar-refractivity contribution in [2.45, 2.75) is 42.3 Å². The van der Waals surface area contributed by atoms with E-state index in [0.29, 0.717) is 17.0 Å². The SMILES string of the molecule is Cc1ccc(S(=O)(=O)NC23CC(F)(C2)C3)cc1-c1cn2c(N)ncnc2n1. The largest absolute Gasteiger partial charge is 0.369 e. The fourth-order valence-corrected chi connectivity index (χ4v) is 5.55. The predicted octanol–water partition coefficient (Wildman–Crippen LogP) is 1.60. The molecule has 2 bridgehead atoms. The lowest BCUT2D eigenvalue weighted by molar-refractivity contribution is -0.157. The Kier molecular flexibility index (Phi) is 3.08. The number of hydrogen-bond acceptors (Lipinski definition) is 6. The Balaban J connectivity index is 1.53. The van der Waals surface area contributed by atoms with Crippen LogP contribution in [0.15, 0.2) is 35.6 Å². The van der Waals surface area contributed by atoms with Crippen LogP contribution in [0, 0.1) is 6.92 Å². The van der Waals surface area contributed by atoms with Gasteiger partial charge in [0, 0.05) is 36.6 Å². The van der Waals surface area contributed by atoms with Crippen LogP contribution in [-0.2, 0) is 10.0 Å². The topological polar surface area (TPSA) is 115 Å². The van der Waals surface area contributed by atoms with E-state index in [1.54, 1.807) is 24.4 Å². The summed E-state index contributed by atoms with van der Waals surface area (Å²) in [5.41, 5.74) is 6.10. The maximum Gasteiger partial charge on any atom is 0.241 e. The van der Waals surface area contributed by atoms with Gasteiger partial charge in [-0.2, -0.15) is 0 Å². The summed E-state index contributed by atoms with van der Waals surface area (Å²) in [4.78, 5) is 12.5. The van der Waals surface area contributed by atoms with Gasteiger partial charge in [-0.3, -0.25) is 4.40 Å². The van der Waals surface area contributed by atoms with Gasteiger partial charge in [0.2, 0.25) is 21.7 Å². The monoisotopic (exact) mass is 388 g/mol. The third-order valence-corrected chi connectivity index (χ3v) is 6.99. The summed E-state index contributed by atoms with van der Waals surface area (Å²) in [6.45, 7) is 1.87. The summed E-state index contributed by atoms with van der Waals surface area (Å²) in [6, 6.07) is 4.84. The van der Waals surface area contributed by atoms with Gasteiger partial charge in [-0.15, -0.1) is 0 Å². The average Bonchev–Trinajstić information content (AvgIpc) is 2.98. The summed E-state index contributed by atoms with van der Waals surface area (Å²) in [7, 11) is -3.76. The van der Waals surface area contributed by atoms with Crippen molar-refractivity contribution in [2.75, 3.05) is 5.73 Å². The van der Waals surface area contributed by atoms with Crippen molar-refractivity contribution in [1.29, 1.82) is 0 Å². The molecule has 0 saturated heterocycles. The molecule has 3 saturated carbocycles.